The zero-order valence-corrected chi connectivity index (χ0v) is 12.4. The molecule has 2 aromatic rings. The van der Waals surface area contributed by atoms with Crippen LogP contribution in [0, 0.1) is 0 Å². The van der Waals surface area contributed by atoms with E-state index in [0.717, 1.165) is 6.07 Å². The average molecular weight is 345 g/mol. The third-order valence-corrected chi connectivity index (χ3v) is 2.90. The zero-order valence-electron chi connectivity index (χ0n) is 11.7. The number of benzene rings is 2. The number of hydrogen-bond acceptors (Lipinski definition) is 3. The van der Waals surface area contributed by atoms with Crippen LogP contribution < -0.4 is 15.4 Å². The quantitative estimate of drug-likeness (QED) is 0.850. The minimum atomic E-state index is -4.80. The van der Waals surface area contributed by atoms with Crippen molar-refractivity contribution in [1.82, 2.24) is 0 Å². The van der Waals surface area contributed by atoms with E-state index in [1.807, 2.05) is 0 Å². The van der Waals surface area contributed by atoms with Gasteiger partial charge in [-0.05, 0) is 30.3 Å². The third-order valence-electron chi connectivity index (χ3n) is 2.66. The van der Waals surface area contributed by atoms with E-state index in [1.54, 1.807) is 24.3 Å². The summed E-state index contributed by atoms with van der Waals surface area (Å²) in [6.45, 7) is -0.231. The number of carbonyl (C=O) groups excluding carboxylic acids is 1. The monoisotopic (exact) mass is 344 g/mol. The molecule has 0 aliphatic carbocycles. The largest absolute Gasteiger partial charge is 0.573 e. The van der Waals surface area contributed by atoms with Gasteiger partial charge in [0.2, 0.25) is 5.91 Å². The van der Waals surface area contributed by atoms with Crippen molar-refractivity contribution in [3.05, 3.63) is 53.6 Å². The highest BCUT2D eigenvalue weighted by molar-refractivity contribution is 6.30. The molecule has 0 spiro atoms. The first-order valence-corrected chi connectivity index (χ1v) is 6.85. The van der Waals surface area contributed by atoms with Crippen LogP contribution >= 0.6 is 11.6 Å². The predicted octanol–water partition coefficient (Wildman–Crippen LogP) is 4.29. The van der Waals surface area contributed by atoms with E-state index in [4.69, 9.17) is 11.6 Å². The maximum atomic E-state index is 12.3. The molecule has 23 heavy (non-hydrogen) atoms. The van der Waals surface area contributed by atoms with Gasteiger partial charge in [0, 0.05) is 10.7 Å². The van der Waals surface area contributed by atoms with Crippen molar-refractivity contribution in [3.8, 4) is 5.75 Å². The second kappa shape index (κ2) is 7.23. The predicted molar refractivity (Wildman–Crippen MR) is 81.7 cm³/mol. The Morgan fingerprint density at radius 2 is 1.87 bits per heavy atom. The highest BCUT2D eigenvalue weighted by Gasteiger charge is 2.32. The van der Waals surface area contributed by atoms with E-state index >= 15 is 0 Å². The number of anilines is 2. The van der Waals surface area contributed by atoms with Crippen molar-refractivity contribution >= 4 is 28.9 Å². The number of hydrogen-bond donors (Lipinski definition) is 2. The fraction of sp³-hybridized carbons (Fsp3) is 0.133. The lowest BCUT2D eigenvalue weighted by atomic mass is 10.3. The number of halogens is 4. The number of carbonyl (C=O) groups is 1. The third kappa shape index (κ3) is 5.71. The van der Waals surface area contributed by atoms with Gasteiger partial charge >= 0.3 is 6.36 Å². The molecule has 0 saturated heterocycles. The summed E-state index contributed by atoms with van der Waals surface area (Å²) in [4.78, 5) is 11.8. The number of para-hydroxylation sites is 2. The van der Waals surface area contributed by atoms with Gasteiger partial charge in [-0.25, -0.2) is 0 Å². The van der Waals surface area contributed by atoms with Crippen molar-refractivity contribution in [1.29, 1.82) is 0 Å². The van der Waals surface area contributed by atoms with Crippen LogP contribution in [0.3, 0.4) is 0 Å². The van der Waals surface area contributed by atoms with Crippen LogP contribution in [0.2, 0.25) is 5.02 Å². The fourth-order valence-electron chi connectivity index (χ4n) is 1.77. The Hall–Kier alpha value is -2.41. The van der Waals surface area contributed by atoms with Crippen LogP contribution in [0.4, 0.5) is 24.5 Å². The molecule has 0 aliphatic heterocycles. The summed E-state index contributed by atoms with van der Waals surface area (Å²) in [5.41, 5.74) is 0.551. The lowest BCUT2D eigenvalue weighted by Gasteiger charge is -2.14. The van der Waals surface area contributed by atoms with E-state index in [9.17, 15) is 18.0 Å². The number of nitrogens with one attached hydrogen (secondary N) is 2. The van der Waals surface area contributed by atoms with Gasteiger partial charge in [-0.2, -0.15) is 0 Å². The minimum absolute atomic E-state index is 0.0612. The van der Waals surface area contributed by atoms with E-state index in [2.05, 4.69) is 15.4 Å². The van der Waals surface area contributed by atoms with Crippen LogP contribution in [-0.2, 0) is 4.79 Å². The fourth-order valence-corrected chi connectivity index (χ4v) is 1.96. The summed E-state index contributed by atoms with van der Waals surface area (Å²) in [5, 5.41) is 5.63. The molecule has 0 unspecified atom stereocenters. The molecule has 0 atom stereocenters. The maximum Gasteiger partial charge on any atom is 0.573 e. The number of rotatable bonds is 5. The summed E-state index contributed by atoms with van der Waals surface area (Å²) < 4.78 is 40.8. The molecule has 8 heteroatoms. The van der Waals surface area contributed by atoms with E-state index in [1.165, 1.54) is 18.2 Å². The van der Waals surface area contributed by atoms with Gasteiger partial charge < -0.3 is 15.4 Å². The van der Waals surface area contributed by atoms with Crippen LogP contribution in [-0.4, -0.2) is 18.8 Å². The summed E-state index contributed by atoms with van der Waals surface area (Å²) in [6, 6.07) is 12.0. The second-order valence-corrected chi connectivity index (χ2v) is 4.89. The van der Waals surface area contributed by atoms with Gasteiger partial charge in [-0.1, -0.05) is 29.8 Å². The van der Waals surface area contributed by atoms with Crippen LogP contribution in [0.15, 0.2) is 48.5 Å². The Morgan fingerprint density at radius 3 is 2.57 bits per heavy atom. The second-order valence-electron chi connectivity index (χ2n) is 4.46. The number of ether oxygens (including phenoxy) is 1. The summed E-state index contributed by atoms with van der Waals surface area (Å²) >= 11 is 5.79. The average Bonchev–Trinajstić information content (AvgIpc) is 2.45. The van der Waals surface area contributed by atoms with Crippen molar-refractivity contribution in [2.75, 3.05) is 17.2 Å². The molecule has 4 nitrogen and oxygen atoms in total. The van der Waals surface area contributed by atoms with Gasteiger partial charge in [0.05, 0.1) is 12.2 Å². The normalized spacial score (nSPS) is 11.0. The lowest BCUT2D eigenvalue weighted by molar-refractivity contribution is -0.274. The molecule has 0 radical (unpaired) electrons. The molecular formula is C15H12ClF3N2O2. The van der Waals surface area contributed by atoms with Crippen molar-refractivity contribution in [2.24, 2.45) is 0 Å². The smallest absolute Gasteiger partial charge is 0.404 e. The lowest BCUT2D eigenvalue weighted by Crippen LogP contribution is -2.23. The minimum Gasteiger partial charge on any atom is -0.404 e. The Kier molecular flexibility index (Phi) is 5.33. The zero-order chi connectivity index (χ0) is 16.9. The van der Waals surface area contributed by atoms with Crippen LogP contribution in [0.1, 0.15) is 0 Å². The van der Waals surface area contributed by atoms with Gasteiger partial charge in [0.1, 0.15) is 0 Å². The summed E-state index contributed by atoms with van der Waals surface area (Å²) in [7, 11) is 0. The summed E-state index contributed by atoms with van der Waals surface area (Å²) in [5.74, 6) is -0.843. The first kappa shape index (κ1) is 17.0. The Bertz CT molecular complexity index is 692. The molecule has 2 aromatic carbocycles. The van der Waals surface area contributed by atoms with Gasteiger partial charge in [0.25, 0.3) is 0 Å². The molecule has 2 rings (SSSR count). The first-order valence-electron chi connectivity index (χ1n) is 6.47. The number of alkyl halides is 3. The van der Waals surface area contributed by atoms with Gasteiger partial charge in [0.15, 0.2) is 5.75 Å². The Labute approximate surface area is 135 Å². The van der Waals surface area contributed by atoms with Crippen molar-refractivity contribution < 1.29 is 22.7 Å². The van der Waals surface area contributed by atoms with Gasteiger partial charge in [-0.15, -0.1) is 13.2 Å². The van der Waals surface area contributed by atoms with E-state index in [-0.39, 0.29) is 12.2 Å². The first-order chi connectivity index (χ1) is 10.8. The molecular weight excluding hydrogens is 333 g/mol. The van der Waals surface area contributed by atoms with E-state index in [0.29, 0.717) is 10.7 Å². The highest BCUT2D eigenvalue weighted by atomic mass is 35.5. The molecule has 0 fully saturated rings. The van der Waals surface area contributed by atoms with Crippen LogP contribution in [0.5, 0.6) is 5.75 Å². The van der Waals surface area contributed by atoms with Gasteiger partial charge in [-0.3, -0.25) is 4.79 Å². The maximum absolute atomic E-state index is 12.3. The summed E-state index contributed by atoms with van der Waals surface area (Å²) in [6.07, 6.45) is -4.80. The SMILES string of the molecule is O=C(CNc1ccccc1OC(F)(F)F)Nc1cccc(Cl)c1. The topological polar surface area (TPSA) is 50.4 Å². The van der Waals surface area contributed by atoms with Crippen molar-refractivity contribution in [3.63, 3.8) is 0 Å². The molecule has 0 heterocycles. The molecule has 0 aliphatic rings. The van der Waals surface area contributed by atoms with Crippen LogP contribution in [0.25, 0.3) is 0 Å². The highest BCUT2D eigenvalue weighted by Crippen LogP contribution is 2.29. The molecule has 122 valence electrons. The molecule has 1 amide bonds. The standard InChI is InChI=1S/C15H12ClF3N2O2/c16-10-4-3-5-11(8-10)21-14(22)9-20-12-6-1-2-7-13(12)23-15(17,18)19/h1-8,20H,9H2,(H,21,22). The van der Waals surface area contributed by atoms with Crippen molar-refractivity contribution in [2.45, 2.75) is 6.36 Å². The number of amides is 1. The Balaban J connectivity index is 1.97. The molecule has 0 saturated carbocycles. The molecule has 2 N–H and O–H groups in total. The Morgan fingerprint density at radius 1 is 1.13 bits per heavy atom. The molecule has 0 bridgehead atoms. The van der Waals surface area contributed by atoms with E-state index < -0.39 is 18.0 Å². The molecule has 0 aromatic heterocycles.